The van der Waals surface area contributed by atoms with E-state index in [1.165, 1.54) is 20.2 Å². The van der Waals surface area contributed by atoms with E-state index in [1.54, 1.807) is 0 Å². The monoisotopic (exact) mass is 1130 g/mol. The number of nitrogens with zero attached hydrogens (tertiary/aromatic N) is 6. The lowest BCUT2D eigenvalue weighted by atomic mass is 9.99. The summed E-state index contributed by atoms with van der Waals surface area (Å²) in [6, 6.07) is 92.5. The van der Waals surface area contributed by atoms with Crippen LogP contribution in [0.4, 0.5) is 0 Å². The molecule has 0 spiro atoms. The SMILES string of the molecule is c1ccc(-c2cncc(-c3ccc4c(c3)c3cc(-c5cncc(-c6ccccc6)c5)ccc3n4-c3ccc4sc5ccc(-n6c7ccc(-c8cncc(-c9ccccc9)c8)cc7c7cc(-c8cncc(-c9ccccc9)c8)ccc76)cc5c4c3)c2)cc1. The minimum Gasteiger partial charge on any atom is -0.309 e. The van der Waals surface area contributed by atoms with Crippen molar-refractivity contribution in [3.63, 3.8) is 0 Å². The molecule has 0 aliphatic carbocycles. The van der Waals surface area contributed by atoms with Crippen molar-refractivity contribution in [2.75, 3.05) is 0 Å². The maximum atomic E-state index is 4.76. The van der Waals surface area contributed by atoms with Crippen molar-refractivity contribution < 1.29 is 0 Å². The van der Waals surface area contributed by atoms with Crippen molar-refractivity contribution in [2.45, 2.75) is 0 Å². The van der Waals surface area contributed by atoms with E-state index < -0.39 is 0 Å². The van der Waals surface area contributed by atoms with Crippen molar-refractivity contribution >= 4 is 75.1 Å². The fourth-order valence-electron chi connectivity index (χ4n) is 12.9. The molecule has 7 heterocycles. The van der Waals surface area contributed by atoms with Crippen LogP contribution in [0.25, 0.3) is 164 Å². The van der Waals surface area contributed by atoms with Crippen LogP contribution in [0, 0.1) is 0 Å². The second-order valence-corrected chi connectivity index (χ2v) is 23.5. The van der Waals surface area contributed by atoms with Gasteiger partial charge in [0.1, 0.15) is 0 Å². The number of rotatable bonds is 10. The van der Waals surface area contributed by atoms with Crippen LogP contribution in [0.3, 0.4) is 0 Å². The first kappa shape index (κ1) is 50.2. The number of pyridine rings is 4. The zero-order valence-electron chi connectivity index (χ0n) is 47.0. The third-order valence-electron chi connectivity index (χ3n) is 17.2. The smallest absolute Gasteiger partial charge is 0.0541 e. The Balaban J connectivity index is 0.821. The lowest BCUT2D eigenvalue weighted by Crippen LogP contribution is -1.94. The second-order valence-electron chi connectivity index (χ2n) is 22.4. The van der Waals surface area contributed by atoms with Crippen molar-refractivity contribution in [1.82, 2.24) is 29.1 Å². The van der Waals surface area contributed by atoms with Crippen molar-refractivity contribution in [2.24, 2.45) is 0 Å². The van der Waals surface area contributed by atoms with E-state index in [0.29, 0.717) is 0 Å². The molecule has 406 valence electrons. The predicted molar refractivity (Wildman–Crippen MR) is 363 cm³/mol. The average molecular weight is 1130 g/mol. The molecular weight excluding hydrogens is 1080 g/mol. The summed E-state index contributed by atoms with van der Waals surface area (Å²) in [6.45, 7) is 0. The molecule has 6 nitrogen and oxygen atoms in total. The van der Waals surface area contributed by atoms with Crippen molar-refractivity contribution in [3.05, 3.63) is 304 Å². The van der Waals surface area contributed by atoms with Gasteiger partial charge in [0.2, 0.25) is 0 Å². The third-order valence-corrected chi connectivity index (χ3v) is 18.3. The van der Waals surface area contributed by atoms with Crippen molar-refractivity contribution in [1.29, 1.82) is 0 Å². The van der Waals surface area contributed by atoms with E-state index in [0.717, 1.165) is 144 Å². The van der Waals surface area contributed by atoms with Crippen LogP contribution < -0.4 is 0 Å². The molecule has 0 N–H and O–H groups in total. The molecule has 0 unspecified atom stereocenters. The van der Waals surface area contributed by atoms with Crippen LogP contribution >= 0.6 is 11.3 Å². The molecule has 0 amide bonds. The fourth-order valence-corrected chi connectivity index (χ4v) is 14.0. The standard InChI is InChI=1S/C80H50N6S/c1-5-13-51(14-6-1)59-33-63(47-81-43-59)55-21-27-75-69(37-55)70-38-56(64-34-60(44-82-48-64)52-15-7-2-8-16-52)22-28-76(70)85(75)67-25-31-79-73(41-67)74-42-68(26-32-80(74)87-79)86-77-29-23-57(65-35-61(45-83-49-65)53-17-9-3-10-18-53)39-71(77)72-40-58(24-30-78(72)86)66-36-62(46-84-50-66)54-19-11-4-12-20-54/h1-50H. The lowest BCUT2D eigenvalue weighted by Gasteiger charge is -2.11. The second kappa shape index (κ2) is 20.7. The highest BCUT2D eigenvalue weighted by Crippen LogP contribution is 2.44. The molecule has 0 radical (unpaired) electrons. The molecular formula is C80H50N6S. The van der Waals surface area contributed by atoms with Gasteiger partial charge in [-0.25, -0.2) is 0 Å². The van der Waals surface area contributed by atoms with Gasteiger partial charge in [-0.3, -0.25) is 19.9 Å². The van der Waals surface area contributed by atoms with Crippen LogP contribution in [0.1, 0.15) is 0 Å². The van der Waals surface area contributed by atoms with E-state index in [9.17, 15) is 0 Å². The summed E-state index contributed by atoms with van der Waals surface area (Å²) in [6.07, 6.45) is 15.7. The van der Waals surface area contributed by atoms with Gasteiger partial charge in [-0.1, -0.05) is 146 Å². The first-order valence-corrected chi connectivity index (χ1v) is 30.1. The summed E-state index contributed by atoms with van der Waals surface area (Å²) < 4.78 is 7.37. The highest BCUT2D eigenvalue weighted by Gasteiger charge is 2.20. The first-order valence-electron chi connectivity index (χ1n) is 29.3. The molecule has 0 fully saturated rings. The highest BCUT2D eigenvalue weighted by molar-refractivity contribution is 7.25. The first-order chi connectivity index (χ1) is 43.1. The fraction of sp³-hybridized carbons (Fsp3) is 0. The zero-order chi connectivity index (χ0) is 57.4. The molecule has 7 heteroatoms. The van der Waals surface area contributed by atoms with Gasteiger partial charge in [0, 0.05) is 147 Å². The molecule has 7 aromatic heterocycles. The molecule has 0 saturated heterocycles. The van der Waals surface area contributed by atoms with Crippen LogP contribution in [0.15, 0.2) is 304 Å². The molecule has 0 aliphatic rings. The quantitative estimate of drug-likeness (QED) is 0.137. The third kappa shape index (κ3) is 8.87. The van der Waals surface area contributed by atoms with Gasteiger partial charge < -0.3 is 9.13 Å². The zero-order valence-corrected chi connectivity index (χ0v) is 47.8. The Kier molecular flexibility index (Phi) is 12.0. The van der Waals surface area contributed by atoms with E-state index in [2.05, 4.69) is 264 Å². The summed E-state index contributed by atoms with van der Waals surface area (Å²) in [5, 5.41) is 7.09. The lowest BCUT2D eigenvalue weighted by molar-refractivity contribution is 1.18. The number of aromatic nitrogens is 6. The molecule has 87 heavy (non-hydrogen) atoms. The highest BCUT2D eigenvalue weighted by atomic mass is 32.1. The van der Waals surface area contributed by atoms with E-state index >= 15 is 0 Å². The minimum atomic E-state index is 1.07. The van der Waals surface area contributed by atoms with Gasteiger partial charge in [-0.2, -0.15) is 0 Å². The van der Waals surface area contributed by atoms with E-state index in [1.807, 2.05) is 60.9 Å². The van der Waals surface area contributed by atoms with Gasteiger partial charge in [0.05, 0.1) is 22.1 Å². The topological polar surface area (TPSA) is 61.4 Å². The normalized spacial score (nSPS) is 11.7. The Hall–Kier alpha value is -11.4. The molecule has 0 bridgehead atoms. The summed E-state index contributed by atoms with van der Waals surface area (Å²) in [5.74, 6) is 0. The van der Waals surface area contributed by atoms with Crippen LogP contribution in [-0.4, -0.2) is 29.1 Å². The Morgan fingerprint density at radius 2 is 0.448 bits per heavy atom. The summed E-state index contributed by atoms with van der Waals surface area (Å²) in [7, 11) is 0. The molecule has 0 aliphatic heterocycles. The molecule has 10 aromatic carbocycles. The Bertz CT molecular complexity index is 4890. The summed E-state index contributed by atoms with van der Waals surface area (Å²) in [4.78, 5) is 19.0. The Labute approximate surface area is 505 Å². The Morgan fingerprint density at radius 1 is 0.195 bits per heavy atom. The average Bonchev–Trinajstić information content (AvgIpc) is 1.71. The van der Waals surface area contributed by atoms with Gasteiger partial charge >= 0.3 is 0 Å². The van der Waals surface area contributed by atoms with Crippen molar-refractivity contribution in [3.8, 4) is 100 Å². The summed E-state index contributed by atoms with van der Waals surface area (Å²) >= 11 is 1.84. The maximum Gasteiger partial charge on any atom is 0.0541 e. The number of hydrogen-bond acceptors (Lipinski definition) is 5. The number of benzene rings is 10. The predicted octanol–water partition coefficient (Wildman–Crippen LogP) is 21.2. The number of thiophene rings is 1. The van der Waals surface area contributed by atoms with Crippen LogP contribution in [0.5, 0.6) is 0 Å². The van der Waals surface area contributed by atoms with E-state index in [-0.39, 0.29) is 0 Å². The minimum absolute atomic E-state index is 1.07. The van der Waals surface area contributed by atoms with E-state index in [4.69, 9.17) is 19.9 Å². The van der Waals surface area contributed by atoms with Gasteiger partial charge in [0.15, 0.2) is 0 Å². The molecule has 0 saturated carbocycles. The van der Waals surface area contributed by atoms with Gasteiger partial charge in [0.25, 0.3) is 0 Å². The van der Waals surface area contributed by atoms with Crippen LogP contribution in [0.2, 0.25) is 0 Å². The van der Waals surface area contributed by atoms with Crippen LogP contribution in [-0.2, 0) is 0 Å². The molecule has 0 atom stereocenters. The molecule has 17 aromatic rings. The van der Waals surface area contributed by atoms with Gasteiger partial charge in [-0.15, -0.1) is 11.3 Å². The number of hydrogen-bond donors (Lipinski definition) is 0. The van der Waals surface area contributed by atoms with Gasteiger partial charge in [-0.05, 0) is 154 Å². The molecule has 17 rings (SSSR count). The maximum absolute atomic E-state index is 4.76. The largest absolute Gasteiger partial charge is 0.309 e. The number of fused-ring (bicyclic) bond motifs is 9. The summed E-state index contributed by atoms with van der Waals surface area (Å²) in [5.41, 5.74) is 24.3. The Morgan fingerprint density at radius 3 is 0.713 bits per heavy atom.